The molecule has 82 valence electrons. The van der Waals surface area contributed by atoms with E-state index in [0.717, 1.165) is 0 Å². The molecule has 0 aliphatic carbocycles. The molecule has 0 radical (unpaired) electrons. The molecule has 0 fully saturated rings. The maximum Gasteiger partial charge on any atom is 0.148 e. The van der Waals surface area contributed by atoms with Crippen LogP contribution in [0, 0.1) is 22.7 Å². The summed E-state index contributed by atoms with van der Waals surface area (Å²) in [5.41, 5.74) is 0.819. The van der Waals surface area contributed by atoms with E-state index in [-0.39, 0.29) is 0 Å². The largest absolute Gasteiger partial charge is 0.362 e. The second-order valence-electron chi connectivity index (χ2n) is 3.74. The van der Waals surface area contributed by atoms with Gasteiger partial charge in [0.05, 0.1) is 11.1 Å². The van der Waals surface area contributed by atoms with Crippen LogP contribution in [-0.2, 0) is 0 Å². The zero-order chi connectivity index (χ0) is 12.3. The molecule has 0 saturated carbocycles. The van der Waals surface area contributed by atoms with Gasteiger partial charge in [0, 0.05) is 28.2 Å². The highest BCUT2D eigenvalue weighted by Gasteiger charge is 2.14. The van der Waals surface area contributed by atoms with E-state index < -0.39 is 0 Å². The molecule has 1 aromatic rings. The molecule has 0 aliphatic heterocycles. The smallest absolute Gasteiger partial charge is 0.148 e. The predicted molar refractivity (Wildman–Crippen MR) is 62.3 cm³/mol. The Bertz CT molecular complexity index is 435. The van der Waals surface area contributed by atoms with Gasteiger partial charge in [0.2, 0.25) is 0 Å². The van der Waals surface area contributed by atoms with Gasteiger partial charge in [0.1, 0.15) is 23.8 Å². The molecule has 0 bridgehead atoms. The van der Waals surface area contributed by atoms with Gasteiger partial charge in [0.25, 0.3) is 0 Å². The van der Waals surface area contributed by atoms with Crippen molar-refractivity contribution < 1.29 is 0 Å². The Morgan fingerprint density at radius 3 is 1.56 bits per heavy atom. The summed E-state index contributed by atoms with van der Waals surface area (Å²) in [6.45, 7) is 0. The van der Waals surface area contributed by atoms with Crippen LogP contribution in [0.2, 0.25) is 0 Å². The topological polar surface area (TPSA) is 67.0 Å². The lowest BCUT2D eigenvalue weighted by Gasteiger charge is -2.18. The second kappa shape index (κ2) is 4.50. The zero-order valence-corrected chi connectivity index (χ0v) is 9.81. The lowest BCUT2D eigenvalue weighted by molar-refractivity contribution is 1.01. The molecule has 5 nitrogen and oxygen atoms in total. The summed E-state index contributed by atoms with van der Waals surface area (Å²) in [5.74, 6) is 1.15. The van der Waals surface area contributed by atoms with E-state index in [1.54, 1.807) is 15.9 Å². The minimum absolute atomic E-state index is 0.409. The molecule has 0 saturated heterocycles. The summed E-state index contributed by atoms with van der Waals surface area (Å²) in [6.07, 6.45) is 0. The van der Waals surface area contributed by atoms with E-state index in [1.807, 2.05) is 40.3 Å². The summed E-state index contributed by atoms with van der Waals surface area (Å²) in [5, 5.41) is 18.0. The van der Waals surface area contributed by atoms with Crippen molar-refractivity contribution in [3.8, 4) is 12.1 Å². The molecule has 0 aromatic carbocycles. The lowest BCUT2D eigenvalue weighted by atomic mass is 10.2. The maximum atomic E-state index is 8.98. The molecule has 0 amide bonds. The van der Waals surface area contributed by atoms with Crippen molar-refractivity contribution in [1.29, 1.82) is 10.5 Å². The van der Waals surface area contributed by atoms with E-state index in [2.05, 4.69) is 4.98 Å². The molecule has 0 N–H and O–H groups in total. The standard InChI is InChI=1S/C11H13N5/c1-15(2)10-8(6-12)5-9(7-13)11(14-10)16(3)4/h5H,1-4H3. The number of anilines is 2. The Labute approximate surface area is 95.1 Å². The number of nitrogens with zero attached hydrogens (tertiary/aromatic N) is 5. The zero-order valence-electron chi connectivity index (χ0n) is 9.81. The molecule has 1 aromatic heterocycles. The Morgan fingerprint density at radius 1 is 0.938 bits per heavy atom. The third-order valence-corrected chi connectivity index (χ3v) is 2.07. The van der Waals surface area contributed by atoms with Crippen LogP contribution in [0.1, 0.15) is 11.1 Å². The van der Waals surface area contributed by atoms with E-state index in [9.17, 15) is 0 Å². The predicted octanol–water partition coefficient (Wildman–Crippen LogP) is 0.957. The average Bonchev–Trinajstić information content (AvgIpc) is 2.26. The number of hydrogen-bond donors (Lipinski definition) is 0. The number of hydrogen-bond acceptors (Lipinski definition) is 5. The molecule has 0 unspecified atom stereocenters. The van der Waals surface area contributed by atoms with Gasteiger partial charge in [-0.2, -0.15) is 10.5 Å². The van der Waals surface area contributed by atoms with Crippen LogP contribution >= 0.6 is 0 Å². The van der Waals surface area contributed by atoms with Gasteiger partial charge in [0.15, 0.2) is 0 Å². The molecular formula is C11H13N5. The van der Waals surface area contributed by atoms with Crippen molar-refractivity contribution >= 4 is 11.6 Å². The molecule has 0 atom stereocenters. The van der Waals surface area contributed by atoms with Gasteiger partial charge in [-0.3, -0.25) is 0 Å². The average molecular weight is 215 g/mol. The van der Waals surface area contributed by atoms with Crippen LogP contribution in [0.4, 0.5) is 11.6 Å². The van der Waals surface area contributed by atoms with Crippen LogP contribution in [0.15, 0.2) is 6.07 Å². The van der Waals surface area contributed by atoms with Crippen molar-refractivity contribution in [3.05, 3.63) is 17.2 Å². The van der Waals surface area contributed by atoms with E-state index in [0.29, 0.717) is 22.8 Å². The minimum Gasteiger partial charge on any atom is -0.362 e. The summed E-state index contributed by atoms with van der Waals surface area (Å²) >= 11 is 0. The van der Waals surface area contributed by atoms with Crippen molar-refractivity contribution in [2.45, 2.75) is 0 Å². The number of aromatic nitrogens is 1. The fourth-order valence-electron chi connectivity index (χ4n) is 1.34. The van der Waals surface area contributed by atoms with Crippen LogP contribution in [-0.4, -0.2) is 33.2 Å². The molecule has 0 spiro atoms. The van der Waals surface area contributed by atoms with Gasteiger partial charge in [-0.25, -0.2) is 4.98 Å². The monoisotopic (exact) mass is 215 g/mol. The lowest BCUT2D eigenvalue weighted by Crippen LogP contribution is -2.18. The number of pyridine rings is 1. The van der Waals surface area contributed by atoms with Crippen LogP contribution in [0.25, 0.3) is 0 Å². The summed E-state index contributed by atoms with van der Waals surface area (Å²) in [7, 11) is 7.26. The third kappa shape index (κ3) is 2.04. The number of rotatable bonds is 2. The normalized spacial score (nSPS) is 9.12. The quantitative estimate of drug-likeness (QED) is 0.735. The highest BCUT2D eigenvalue weighted by atomic mass is 15.2. The fraction of sp³-hybridized carbons (Fsp3) is 0.364. The van der Waals surface area contributed by atoms with Crippen LogP contribution in [0.3, 0.4) is 0 Å². The fourth-order valence-corrected chi connectivity index (χ4v) is 1.34. The van der Waals surface area contributed by atoms with Gasteiger partial charge < -0.3 is 9.80 Å². The van der Waals surface area contributed by atoms with Gasteiger partial charge >= 0.3 is 0 Å². The SMILES string of the molecule is CN(C)c1nc(N(C)C)c(C#N)cc1C#N. The van der Waals surface area contributed by atoms with Gasteiger partial charge in [-0.15, -0.1) is 0 Å². The first kappa shape index (κ1) is 11.8. The Hall–Kier alpha value is -2.27. The van der Waals surface area contributed by atoms with Crippen molar-refractivity contribution in [1.82, 2.24) is 4.98 Å². The number of nitriles is 2. The first-order valence-electron chi connectivity index (χ1n) is 4.71. The van der Waals surface area contributed by atoms with E-state index in [4.69, 9.17) is 10.5 Å². The molecular weight excluding hydrogens is 202 g/mol. The molecule has 0 aliphatic rings. The van der Waals surface area contributed by atoms with E-state index >= 15 is 0 Å². The summed E-state index contributed by atoms with van der Waals surface area (Å²) in [6, 6.07) is 5.66. The highest BCUT2D eigenvalue weighted by Crippen LogP contribution is 2.23. The van der Waals surface area contributed by atoms with Crippen molar-refractivity contribution in [3.63, 3.8) is 0 Å². The van der Waals surface area contributed by atoms with E-state index in [1.165, 1.54) is 0 Å². The Balaban J connectivity index is 3.50. The van der Waals surface area contributed by atoms with Gasteiger partial charge in [-0.1, -0.05) is 0 Å². The Morgan fingerprint density at radius 2 is 1.31 bits per heavy atom. The molecule has 5 heteroatoms. The highest BCUT2D eigenvalue weighted by molar-refractivity contribution is 5.64. The second-order valence-corrected chi connectivity index (χ2v) is 3.74. The van der Waals surface area contributed by atoms with Crippen molar-refractivity contribution in [2.75, 3.05) is 38.0 Å². The molecule has 16 heavy (non-hydrogen) atoms. The molecule has 1 heterocycles. The van der Waals surface area contributed by atoms with Crippen LogP contribution in [0.5, 0.6) is 0 Å². The third-order valence-electron chi connectivity index (χ3n) is 2.07. The summed E-state index contributed by atoms with van der Waals surface area (Å²) < 4.78 is 0. The Kier molecular flexibility index (Phi) is 3.32. The molecule has 1 rings (SSSR count). The summed E-state index contributed by atoms with van der Waals surface area (Å²) in [4.78, 5) is 7.83. The first-order valence-corrected chi connectivity index (χ1v) is 4.71. The minimum atomic E-state index is 0.409. The van der Waals surface area contributed by atoms with Gasteiger partial charge in [-0.05, 0) is 6.07 Å². The van der Waals surface area contributed by atoms with Crippen molar-refractivity contribution in [2.24, 2.45) is 0 Å². The first-order chi connectivity index (χ1) is 7.51. The van der Waals surface area contributed by atoms with Crippen LogP contribution < -0.4 is 9.80 Å². The maximum absolute atomic E-state index is 8.98.